The highest BCUT2D eigenvalue weighted by Crippen LogP contribution is 2.26. The van der Waals surface area contributed by atoms with Crippen molar-refractivity contribution in [1.82, 2.24) is 9.97 Å². The summed E-state index contributed by atoms with van der Waals surface area (Å²) in [6, 6.07) is 11.0. The van der Waals surface area contributed by atoms with Crippen LogP contribution in [0, 0.1) is 0 Å². The summed E-state index contributed by atoms with van der Waals surface area (Å²) >= 11 is 5.66. The van der Waals surface area contributed by atoms with Gasteiger partial charge >= 0.3 is 0 Å². The van der Waals surface area contributed by atoms with E-state index in [1.54, 1.807) is 24.5 Å². The minimum absolute atomic E-state index is 0.0953. The molecular weight excluding hydrogens is 264 g/mol. The predicted octanol–water partition coefficient (Wildman–Crippen LogP) is 3.35. The lowest BCUT2D eigenvalue weighted by Gasteiger charge is -2.02. The molecule has 0 unspecified atom stereocenters. The molecule has 0 aliphatic heterocycles. The number of hydrogen-bond donors (Lipinski definition) is 1. The van der Waals surface area contributed by atoms with Gasteiger partial charge in [-0.25, -0.2) is 4.98 Å². The highest BCUT2D eigenvalue weighted by atomic mass is 35.5. The van der Waals surface area contributed by atoms with Crippen molar-refractivity contribution in [3.8, 4) is 22.5 Å². The van der Waals surface area contributed by atoms with Crippen LogP contribution in [0.15, 0.2) is 58.0 Å². The smallest absolute Gasteiger partial charge is 0.292 e. The molecule has 0 atom stereocenters. The summed E-state index contributed by atoms with van der Waals surface area (Å²) in [7, 11) is 0. The maximum absolute atomic E-state index is 11.8. The van der Waals surface area contributed by atoms with Crippen molar-refractivity contribution >= 4 is 11.6 Å². The van der Waals surface area contributed by atoms with Crippen LogP contribution in [0.5, 0.6) is 0 Å². The number of aromatic amines is 1. The van der Waals surface area contributed by atoms with Gasteiger partial charge in [-0.1, -0.05) is 18.2 Å². The Morgan fingerprint density at radius 2 is 2.00 bits per heavy atom. The zero-order chi connectivity index (χ0) is 13.2. The van der Waals surface area contributed by atoms with E-state index in [4.69, 9.17) is 16.0 Å². The van der Waals surface area contributed by atoms with E-state index in [-0.39, 0.29) is 10.9 Å². The van der Waals surface area contributed by atoms with E-state index < -0.39 is 0 Å². The van der Waals surface area contributed by atoms with E-state index in [0.29, 0.717) is 11.3 Å². The van der Waals surface area contributed by atoms with Gasteiger partial charge in [0.25, 0.3) is 10.9 Å². The Bertz CT molecular complexity index is 777. The van der Waals surface area contributed by atoms with Crippen LogP contribution in [-0.2, 0) is 0 Å². The first kappa shape index (κ1) is 11.7. The lowest BCUT2D eigenvalue weighted by molar-refractivity contribution is 0.574. The van der Waals surface area contributed by atoms with Gasteiger partial charge in [0, 0.05) is 17.3 Å². The summed E-state index contributed by atoms with van der Waals surface area (Å²) in [6.07, 6.45) is 3.16. The molecule has 4 nitrogen and oxygen atoms in total. The number of oxazole rings is 1. The standard InChI is InChI=1S/C14H9ClN2O2/c15-14-17-8-12(19-14)10-4-1-3-9(7-10)11-5-2-6-16-13(11)18/h1-8H,(H,16,18). The van der Waals surface area contributed by atoms with Gasteiger partial charge in [-0.2, -0.15) is 0 Å². The van der Waals surface area contributed by atoms with E-state index in [9.17, 15) is 4.79 Å². The first-order valence-electron chi connectivity index (χ1n) is 5.64. The van der Waals surface area contributed by atoms with Crippen LogP contribution < -0.4 is 5.56 Å². The van der Waals surface area contributed by atoms with Crippen molar-refractivity contribution in [2.75, 3.05) is 0 Å². The molecule has 2 heterocycles. The molecule has 2 aromatic heterocycles. The molecule has 3 rings (SSSR count). The van der Waals surface area contributed by atoms with E-state index >= 15 is 0 Å². The third kappa shape index (κ3) is 2.30. The van der Waals surface area contributed by atoms with Crippen LogP contribution in [0.4, 0.5) is 0 Å². The molecule has 0 amide bonds. The number of nitrogens with zero attached hydrogens (tertiary/aromatic N) is 1. The normalized spacial score (nSPS) is 10.6. The molecule has 1 N–H and O–H groups in total. The molecule has 0 saturated heterocycles. The summed E-state index contributed by atoms with van der Waals surface area (Å²) in [5, 5.41) is 0.0953. The number of pyridine rings is 1. The Morgan fingerprint density at radius 3 is 2.74 bits per heavy atom. The fourth-order valence-corrected chi connectivity index (χ4v) is 2.01. The molecule has 5 heteroatoms. The van der Waals surface area contributed by atoms with Crippen molar-refractivity contribution in [2.45, 2.75) is 0 Å². The topological polar surface area (TPSA) is 58.9 Å². The Morgan fingerprint density at radius 1 is 1.16 bits per heavy atom. The quantitative estimate of drug-likeness (QED) is 0.778. The molecule has 3 aromatic rings. The Hall–Kier alpha value is -2.33. The summed E-state index contributed by atoms with van der Waals surface area (Å²) in [6.45, 7) is 0. The summed E-state index contributed by atoms with van der Waals surface area (Å²) in [5.41, 5.74) is 2.11. The van der Waals surface area contributed by atoms with Gasteiger partial charge in [-0.05, 0) is 35.4 Å². The second-order valence-electron chi connectivity index (χ2n) is 3.97. The van der Waals surface area contributed by atoms with E-state index in [2.05, 4.69) is 9.97 Å². The fourth-order valence-electron chi connectivity index (χ4n) is 1.88. The average molecular weight is 273 g/mol. The summed E-state index contributed by atoms with van der Waals surface area (Å²) < 4.78 is 5.26. The number of H-pyrrole nitrogens is 1. The van der Waals surface area contributed by atoms with E-state index in [1.165, 1.54) is 0 Å². The van der Waals surface area contributed by atoms with E-state index in [0.717, 1.165) is 11.1 Å². The monoisotopic (exact) mass is 272 g/mol. The van der Waals surface area contributed by atoms with Gasteiger partial charge in [0.1, 0.15) is 0 Å². The van der Waals surface area contributed by atoms with Crippen molar-refractivity contribution < 1.29 is 4.42 Å². The van der Waals surface area contributed by atoms with Gasteiger partial charge in [-0.15, -0.1) is 0 Å². The van der Waals surface area contributed by atoms with Crippen molar-refractivity contribution in [3.05, 3.63) is 64.5 Å². The van der Waals surface area contributed by atoms with Crippen LogP contribution in [0.3, 0.4) is 0 Å². The molecule has 0 aliphatic carbocycles. The molecule has 1 aromatic carbocycles. The Kier molecular flexibility index (Phi) is 2.93. The fraction of sp³-hybridized carbons (Fsp3) is 0. The Balaban J connectivity index is 2.11. The number of nitrogens with one attached hydrogen (secondary N) is 1. The molecule has 0 radical (unpaired) electrons. The molecular formula is C14H9ClN2O2. The minimum Gasteiger partial charge on any atom is -0.428 e. The largest absolute Gasteiger partial charge is 0.428 e. The van der Waals surface area contributed by atoms with Crippen LogP contribution in [-0.4, -0.2) is 9.97 Å². The average Bonchev–Trinajstić information content (AvgIpc) is 2.86. The first-order valence-corrected chi connectivity index (χ1v) is 6.02. The molecule has 0 spiro atoms. The number of aromatic nitrogens is 2. The van der Waals surface area contributed by atoms with Crippen molar-refractivity contribution in [3.63, 3.8) is 0 Å². The second-order valence-corrected chi connectivity index (χ2v) is 4.29. The SMILES string of the molecule is O=c1[nH]cccc1-c1cccc(-c2cnc(Cl)o2)c1. The molecule has 0 fully saturated rings. The van der Waals surface area contributed by atoms with Crippen molar-refractivity contribution in [2.24, 2.45) is 0 Å². The summed E-state index contributed by atoms with van der Waals surface area (Å²) in [4.78, 5) is 18.3. The van der Waals surface area contributed by atoms with Gasteiger partial charge in [0.2, 0.25) is 0 Å². The number of halogens is 1. The van der Waals surface area contributed by atoms with Crippen molar-refractivity contribution in [1.29, 1.82) is 0 Å². The minimum atomic E-state index is -0.129. The van der Waals surface area contributed by atoms with Gasteiger partial charge in [0.15, 0.2) is 5.76 Å². The summed E-state index contributed by atoms with van der Waals surface area (Å²) in [5.74, 6) is 0.569. The zero-order valence-electron chi connectivity index (χ0n) is 9.76. The molecule has 0 bridgehead atoms. The van der Waals surface area contributed by atoms with Crippen LogP contribution >= 0.6 is 11.6 Å². The van der Waals surface area contributed by atoms with Crippen LogP contribution in [0.25, 0.3) is 22.5 Å². The zero-order valence-corrected chi connectivity index (χ0v) is 10.5. The maximum atomic E-state index is 11.8. The Labute approximate surface area is 113 Å². The third-order valence-corrected chi connectivity index (χ3v) is 2.93. The van der Waals surface area contributed by atoms with Gasteiger partial charge < -0.3 is 9.40 Å². The predicted molar refractivity (Wildman–Crippen MR) is 73.0 cm³/mol. The number of benzene rings is 1. The second kappa shape index (κ2) is 4.74. The van der Waals surface area contributed by atoms with Gasteiger partial charge in [-0.3, -0.25) is 4.79 Å². The highest BCUT2D eigenvalue weighted by Gasteiger charge is 2.07. The third-order valence-electron chi connectivity index (χ3n) is 2.75. The molecule has 19 heavy (non-hydrogen) atoms. The maximum Gasteiger partial charge on any atom is 0.292 e. The highest BCUT2D eigenvalue weighted by molar-refractivity contribution is 6.27. The number of rotatable bonds is 2. The van der Waals surface area contributed by atoms with Crippen LogP contribution in [0.1, 0.15) is 0 Å². The first-order chi connectivity index (χ1) is 9.24. The molecule has 0 saturated carbocycles. The molecule has 0 aliphatic rings. The lowest BCUT2D eigenvalue weighted by atomic mass is 10.0. The molecule has 94 valence electrons. The van der Waals surface area contributed by atoms with Gasteiger partial charge in [0.05, 0.1) is 6.20 Å². The lowest BCUT2D eigenvalue weighted by Crippen LogP contribution is -2.06. The van der Waals surface area contributed by atoms with E-state index in [1.807, 2.05) is 24.3 Å². The number of hydrogen-bond acceptors (Lipinski definition) is 3. The van der Waals surface area contributed by atoms with Crippen LogP contribution in [0.2, 0.25) is 5.35 Å².